The van der Waals surface area contributed by atoms with Crippen molar-refractivity contribution in [3.63, 3.8) is 0 Å². The van der Waals surface area contributed by atoms with E-state index < -0.39 is 10.0 Å². The fourth-order valence-corrected chi connectivity index (χ4v) is 5.17. The van der Waals surface area contributed by atoms with E-state index in [1.165, 1.54) is 29.7 Å². The largest absolute Gasteiger partial charge is 0.468 e. The zero-order chi connectivity index (χ0) is 22.0. The predicted octanol–water partition coefficient (Wildman–Crippen LogP) is 4.20. The normalized spacial score (nSPS) is 12.7. The molecule has 2 heterocycles. The van der Waals surface area contributed by atoms with Crippen molar-refractivity contribution in [1.29, 1.82) is 0 Å². The molecule has 0 unspecified atom stereocenters. The third-order valence-electron chi connectivity index (χ3n) is 4.98. The molecule has 0 saturated heterocycles. The van der Waals surface area contributed by atoms with E-state index in [0.717, 1.165) is 15.2 Å². The molecule has 0 aliphatic rings. The number of nitrogens with one attached hydrogen (secondary N) is 1. The Labute approximate surface area is 184 Å². The molecule has 0 spiro atoms. The van der Waals surface area contributed by atoms with Gasteiger partial charge >= 0.3 is 0 Å². The highest BCUT2D eigenvalue weighted by molar-refractivity contribution is 7.89. The smallest absolute Gasteiger partial charge is 0.254 e. The van der Waals surface area contributed by atoms with E-state index in [9.17, 15) is 13.2 Å². The number of thiazole rings is 1. The monoisotopic (exact) mass is 455 g/mol. The standard InChI is InChI=1S/C22H21N3O4S2/c1-15(21-24-19-10-3-4-11-20(19)30-21)25(2)22(26)16-7-5-9-18(13-16)31(27,28)23-14-17-8-6-12-29-17/h3-13,15,23H,14H2,1-2H3/t15-/m0/s1. The summed E-state index contributed by atoms with van der Waals surface area (Å²) >= 11 is 1.54. The highest BCUT2D eigenvalue weighted by Gasteiger charge is 2.23. The molecule has 1 N–H and O–H groups in total. The first-order chi connectivity index (χ1) is 14.8. The Kier molecular flexibility index (Phi) is 5.90. The fraction of sp³-hybridized carbons (Fsp3) is 0.182. The lowest BCUT2D eigenvalue weighted by Crippen LogP contribution is -2.30. The van der Waals surface area contributed by atoms with Crippen molar-refractivity contribution >= 4 is 37.5 Å². The maximum atomic E-state index is 13.1. The van der Waals surface area contributed by atoms with Gasteiger partial charge in [0, 0.05) is 12.6 Å². The van der Waals surface area contributed by atoms with E-state index in [4.69, 9.17) is 4.42 Å². The van der Waals surface area contributed by atoms with Crippen LogP contribution in [0.2, 0.25) is 0 Å². The van der Waals surface area contributed by atoms with Gasteiger partial charge in [0.05, 0.1) is 34.0 Å². The van der Waals surface area contributed by atoms with Gasteiger partial charge in [0.25, 0.3) is 5.91 Å². The topological polar surface area (TPSA) is 92.5 Å². The molecule has 2 aromatic heterocycles. The molecule has 9 heteroatoms. The minimum absolute atomic E-state index is 0.0194. The number of sulfonamides is 1. The lowest BCUT2D eigenvalue weighted by Gasteiger charge is -2.23. The first-order valence-electron chi connectivity index (χ1n) is 9.60. The Morgan fingerprint density at radius 1 is 1.16 bits per heavy atom. The van der Waals surface area contributed by atoms with Crippen molar-refractivity contribution in [3.05, 3.63) is 83.3 Å². The van der Waals surface area contributed by atoms with E-state index in [-0.39, 0.29) is 29.0 Å². The molecule has 1 amide bonds. The number of carbonyl (C=O) groups is 1. The number of carbonyl (C=O) groups excluding carboxylic acids is 1. The number of amides is 1. The van der Waals surface area contributed by atoms with E-state index in [1.54, 1.807) is 36.2 Å². The maximum absolute atomic E-state index is 13.1. The first-order valence-corrected chi connectivity index (χ1v) is 11.9. The Morgan fingerprint density at radius 2 is 1.97 bits per heavy atom. The quantitative estimate of drug-likeness (QED) is 0.451. The number of aromatic nitrogens is 1. The Balaban J connectivity index is 1.52. The number of nitrogens with zero attached hydrogens (tertiary/aromatic N) is 2. The van der Waals surface area contributed by atoms with Crippen LogP contribution in [0.1, 0.15) is 34.1 Å². The average molecular weight is 456 g/mol. The van der Waals surface area contributed by atoms with Crippen LogP contribution in [0.3, 0.4) is 0 Å². The molecule has 1 atom stereocenters. The molecule has 31 heavy (non-hydrogen) atoms. The minimum atomic E-state index is -3.80. The Bertz CT molecular complexity index is 1280. The third-order valence-corrected chi connectivity index (χ3v) is 7.58. The number of para-hydroxylation sites is 1. The van der Waals surface area contributed by atoms with Crippen molar-refractivity contribution in [3.8, 4) is 0 Å². The van der Waals surface area contributed by atoms with Gasteiger partial charge in [-0.15, -0.1) is 11.3 Å². The molecular weight excluding hydrogens is 434 g/mol. The summed E-state index contributed by atoms with van der Waals surface area (Å²) in [6, 6.07) is 16.9. The van der Waals surface area contributed by atoms with E-state index in [1.807, 2.05) is 31.2 Å². The van der Waals surface area contributed by atoms with Gasteiger partial charge in [-0.3, -0.25) is 4.79 Å². The number of rotatable bonds is 7. The van der Waals surface area contributed by atoms with Gasteiger partial charge in [-0.2, -0.15) is 0 Å². The number of hydrogen-bond acceptors (Lipinski definition) is 6. The molecule has 0 fully saturated rings. The second-order valence-corrected chi connectivity index (χ2v) is 9.87. The average Bonchev–Trinajstić information content (AvgIpc) is 3.46. The number of hydrogen-bond donors (Lipinski definition) is 1. The summed E-state index contributed by atoms with van der Waals surface area (Å²) in [5.41, 5.74) is 1.18. The fourth-order valence-electron chi connectivity index (χ4n) is 3.07. The number of fused-ring (bicyclic) bond motifs is 1. The summed E-state index contributed by atoms with van der Waals surface area (Å²) in [5.74, 6) is 0.218. The highest BCUT2D eigenvalue weighted by Crippen LogP contribution is 2.29. The van der Waals surface area contributed by atoms with Crippen LogP contribution in [0.25, 0.3) is 10.2 Å². The molecule has 0 bridgehead atoms. The molecule has 2 aromatic carbocycles. The summed E-state index contributed by atoms with van der Waals surface area (Å²) in [6.07, 6.45) is 1.48. The summed E-state index contributed by atoms with van der Waals surface area (Å²) in [5, 5.41) is 0.820. The van der Waals surface area contributed by atoms with Crippen molar-refractivity contribution < 1.29 is 17.6 Å². The highest BCUT2D eigenvalue weighted by atomic mass is 32.2. The van der Waals surface area contributed by atoms with Gasteiger partial charge in [-0.1, -0.05) is 18.2 Å². The van der Waals surface area contributed by atoms with Gasteiger partial charge in [-0.25, -0.2) is 18.1 Å². The van der Waals surface area contributed by atoms with Crippen LogP contribution < -0.4 is 4.72 Å². The number of furan rings is 1. The summed E-state index contributed by atoms with van der Waals surface area (Å²) in [6.45, 7) is 1.93. The molecule has 0 radical (unpaired) electrons. The van der Waals surface area contributed by atoms with Crippen LogP contribution in [-0.4, -0.2) is 31.3 Å². The zero-order valence-corrected chi connectivity index (χ0v) is 18.6. The molecule has 7 nitrogen and oxygen atoms in total. The van der Waals surface area contributed by atoms with Gasteiger partial charge in [0.2, 0.25) is 10.0 Å². The summed E-state index contributed by atoms with van der Waals surface area (Å²) < 4.78 is 34.0. The van der Waals surface area contributed by atoms with Gasteiger partial charge in [0.1, 0.15) is 10.8 Å². The molecule has 0 aliphatic heterocycles. The SMILES string of the molecule is C[C@@H](c1nc2ccccc2s1)N(C)C(=O)c1cccc(S(=O)(=O)NCc2ccco2)c1. The van der Waals surface area contributed by atoms with Crippen LogP contribution in [0.5, 0.6) is 0 Å². The third kappa shape index (κ3) is 4.53. The van der Waals surface area contributed by atoms with E-state index in [0.29, 0.717) is 5.76 Å². The lowest BCUT2D eigenvalue weighted by atomic mass is 10.2. The van der Waals surface area contributed by atoms with Crippen molar-refractivity contribution in [2.24, 2.45) is 0 Å². The molecule has 0 aliphatic carbocycles. The summed E-state index contributed by atoms with van der Waals surface area (Å²) in [7, 11) is -2.11. The van der Waals surface area contributed by atoms with Crippen LogP contribution in [0.15, 0.2) is 76.2 Å². The van der Waals surface area contributed by atoms with Crippen LogP contribution in [0.4, 0.5) is 0 Å². The summed E-state index contributed by atoms with van der Waals surface area (Å²) in [4.78, 5) is 19.3. The van der Waals surface area contributed by atoms with E-state index in [2.05, 4.69) is 9.71 Å². The molecule has 4 rings (SSSR count). The Morgan fingerprint density at radius 3 is 2.71 bits per heavy atom. The second kappa shape index (κ2) is 8.62. The van der Waals surface area contributed by atoms with Crippen LogP contribution in [0, 0.1) is 0 Å². The number of benzene rings is 2. The predicted molar refractivity (Wildman–Crippen MR) is 119 cm³/mol. The van der Waals surface area contributed by atoms with Gasteiger partial charge in [0.15, 0.2) is 0 Å². The first kappa shape index (κ1) is 21.2. The van der Waals surface area contributed by atoms with Gasteiger partial charge < -0.3 is 9.32 Å². The maximum Gasteiger partial charge on any atom is 0.254 e. The second-order valence-electron chi connectivity index (χ2n) is 7.04. The zero-order valence-electron chi connectivity index (χ0n) is 17.0. The molecule has 160 valence electrons. The minimum Gasteiger partial charge on any atom is -0.468 e. The molecule has 4 aromatic rings. The van der Waals surface area contributed by atoms with Crippen molar-refractivity contribution in [2.75, 3.05) is 7.05 Å². The Hall–Kier alpha value is -3.01. The van der Waals surface area contributed by atoms with Crippen molar-refractivity contribution in [1.82, 2.24) is 14.6 Å². The van der Waals surface area contributed by atoms with Gasteiger partial charge in [-0.05, 0) is 49.4 Å². The van der Waals surface area contributed by atoms with Crippen molar-refractivity contribution in [2.45, 2.75) is 24.4 Å². The van der Waals surface area contributed by atoms with E-state index >= 15 is 0 Å². The lowest BCUT2D eigenvalue weighted by molar-refractivity contribution is 0.0742. The molecular formula is C22H21N3O4S2. The van der Waals surface area contributed by atoms with Crippen LogP contribution in [-0.2, 0) is 16.6 Å². The molecule has 0 saturated carbocycles. The van der Waals surface area contributed by atoms with Crippen LogP contribution >= 0.6 is 11.3 Å².